The second-order valence-electron chi connectivity index (χ2n) is 6.74. The number of rotatable bonds is 9. The normalized spacial score (nSPS) is 11.0. The quantitative estimate of drug-likeness (QED) is 0.491. The van der Waals surface area contributed by atoms with Crippen molar-refractivity contribution in [2.45, 2.75) is 11.8 Å². The van der Waals surface area contributed by atoms with Crippen LogP contribution < -0.4 is 14.4 Å². The van der Waals surface area contributed by atoms with Gasteiger partial charge in [0.1, 0.15) is 18.9 Å². The van der Waals surface area contributed by atoms with E-state index in [1.54, 1.807) is 67.6 Å². The number of halogens is 1. The molecular weight excluding hydrogens is 436 g/mol. The highest BCUT2D eigenvalue weighted by molar-refractivity contribution is 7.92. The third-order valence-corrected chi connectivity index (χ3v) is 6.61. The van der Waals surface area contributed by atoms with E-state index in [0.717, 1.165) is 9.87 Å². The van der Waals surface area contributed by atoms with Gasteiger partial charge in [0.2, 0.25) is 5.91 Å². The molecule has 162 valence electrons. The van der Waals surface area contributed by atoms with E-state index in [9.17, 15) is 13.2 Å². The van der Waals surface area contributed by atoms with Crippen molar-refractivity contribution in [3.63, 3.8) is 0 Å². The lowest BCUT2D eigenvalue weighted by Crippen LogP contribution is -2.42. The maximum absolute atomic E-state index is 13.3. The Bertz CT molecular complexity index is 1140. The average molecular weight is 459 g/mol. The van der Waals surface area contributed by atoms with Crippen molar-refractivity contribution in [2.24, 2.45) is 0 Å². The number of hydrogen-bond acceptors (Lipinski definition) is 4. The zero-order chi connectivity index (χ0) is 22.3. The summed E-state index contributed by atoms with van der Waals surface area (Å²) in [5, 5.41) is 3.18. The minimum atomic E-state index is -3.93. The Kier molecular flexibility index (Phi) is 7.55. The van der Waals surface area contributed by atoms with Crippen LogP contribution >= 0.6 is 11.6 Å². The Labute approximate surface area is 187 Å². The highest BCUT2D eigenvalue weighted by Crippen LogP contribution is 2.26. The summed E-state index contributed by atoms with van der Waals surface area (Å²) in [5.41, 5.74) is 1.20. The molecule has 0 radical (unpaired) electrons. The van der Waals surface area contributed by atoms with Gasteiger partial charge in [-0.3, -0.25) is 9.10 Å². The lowest BCUT2D eigenvalue weighted by atomic mass is 10.2. The van der Waals surface area contributed by atoms with E-state index in [0.29, 0.717) is 16.5 Å². The predicted molar refractivity (Wildman–Crippen MR) is 122 cm³/mol. The Hall–Kier alpha value is -3.03. The minimum absolute atomic E-state index is 0.119. The summed E-state index contributed by atoms with van der Waals surface area (Å²) >= 11 is 6.04. The van der Waals surface area contributed by atoms with E-state index >= 15 is 0 Å². The molecule has 31 heavy (non-hydrogen) atoms. The van der Waals surface area contributed by atoms with Gasteiger partial charge in [-0.2, -0.15) is 0 Å². The zero-order valence-corrected chi connectivity index (χ0v) is 18.6. The number of carbonyl (C=O) groups is 1. The minimum Gasteiger partial charge on any atom is -0.490 e. The summed E-state index contributed by atoms with van der Waals surface area (Å²) in [7, 11) is -3.93. The predicted octanol–water partition coefficient (Wildman–Crippen LogP) is 4.04. The molecule has 3 aromatic carbocycles. The van der Waals surface area contributed by atoms with Crippen LogP contribution in [0.5, 0.6) is 5.75 Å². The lowest BCUT2D eigenvalue weighted by molar-refractivity contribution is -0.119. The monoisotopic (exact) mass is 458 g/mol. The van der Waals surface area contributed by atoms with Crippen LogP contribution in [0, 0.1) is 6.92 Å². The molecule has 0 heterocycles. The Balaban J connectivity index is 1.71. The van der Waals surface area contributed by atoms with Crippen molar-refractivity contribution in [1.82, 2.24) is 5.32 Å². The number of sulfonamides is 1. The maximum Gasteiger partial charge on any atom is 0.264 e. The van der Waals surface area contributed by atoms with Crippen LogP contribution in [0.25, 0.3) is 0 Å². The lowest BCUT2D eigenvalue weighted by Gasteiger charge is -2.25. The highest BCUT2D eigenvalue weighted by Gasteiger charge is 2.27. The Morgan fingerprint density at radius 2 is 1.61 bits per heavy atom. The topological polar surface area (TPSA) is 75.7 Å². The van der Waals surface area contributed by atoms with Gasteiger partial charge < -0.3 is 10.1 Å². The molecule has 0 atom stereocenters. The molecule has 0 aliphatic heterocycles. The maximum atomic E-state index is 13.3. The van der Waals surface area contributed by atoms with Gasteiger partial charge in [-0.15, -0.1) is 0 Å². The van der Waals surface area contributed by atoms with E-state index in [-0.39, 0.29) is 24.6 Å². The summed E-state index contributed by atoms with van der Waals surface area (Å²) in [6.45, 7) is 1.86. The molecule has 0 saturated heterocycles. The van der Waals surface area contributed by atoms with Gasteiger partial charge in [0.05, 0.1) is 22.2 Å². The third-order valence-electron chi connectivity index (χ3n) is 4.52. The van der Waals surface area contributed by atoms with E-state index in [4.69, 9.17) is 16.3 Å². The second-order valence-corrected chi connectivity index (χ2v) is 9.01. The van der Waals surface area contributed by atoms with Crippen LogP contribution in [0.3, 0.4) is 0 Å². The second kappa shape index (κ2) is 10.3. The van der Waals surface area contributed by atoms with Crippen LogP contribution in [-0.4, -0.2) is 34.0 Å². The molecule has 1 N–H and O–H groups in total. The summed E-state index contributed by atoms with van der Waals surface area (Å²) < 4.78 is 33.2. The zero-order valence-electron chi connectivity index (χ0n) is 17.0. The SMILES string of the molecule is Cc1ccccc1N(CC(=O)NCCOc1ccccc1Cl)S(=O)(=O)c1ccccc1. The average Bonchev–Trinajstić information content (AvgIpc) is 2.77. The smallest absolute Gasteiger partial charge is 0.264 e. The molecule has 0 aliphatic carbocycles. The van der Waals surface area contributed by atoms with Gasteiger partial charge in [0.15, 0.2) is 0 Å². The molecule has 0 aromatic heterocycles. The molecule has 3 aromatic rings. The molecule has 0 saturated carbocycles. The number of benzene rings is 3. The van der Waals surface area contributed by atoms with Crippen LogP contribution in [0.4, 0.5) is 5.69 Å². The first-order valence-corrected chi connectivity index (χ1v) is 11.5. The van der Waals surface area contributed by atoms with Crippen LogP contribution in [-0.2, 0) is 14.8 Å². The molecule has 0 bridgehead atoms. The number of carbonyl (C=O) groups excluding carboxylic acids is 1. The molecule has 1 amide bonds. The van der Waals surface area contributed by atoms with Crippen molar-refractivity contribution >= 4 is 33.2 Å². The summed E-state index contributed by atoms with van der Waals surface area (Å²) in [6, 6.07) is 22.1. The number of nitrogens with one attached hydrogen (secondary N) is 1. The van der Waals surface area contributed by atoms with Crippen molar-refractivity contribution < 1.29 is 17.9 Å². The molecule has 0 aliphatic rings. The summed E-state index contributed by atoms with van der Waals surface area (Å²) in [4.78, 5) is 12.7. The van der Waals surface area contributed by atoms with Gasteiger partial charge in [-0.1, -0.05) is 60.1 Å². The Morgan fingerprint density at radius 3 is 2.32 bits per heavy atom. The molecule has 0 unspecified atom stereocenters. The number of para-hydroxylation sites is 2. The van der Waals surface area contributed by atoms with Gasteiger partial charge in [0.25, 0.3) is 10.0 Å². The Morgan fingerprint density at radius 1 is 0.968 bits per heavy atom. The van der Waals surface area contributed by atoms with Crippen molar-refractivity contribution in [1.29, 1.82) is 0 Å². The van der Waals surface area contributed by atoms with Gasteiger partial charge in [-0.05, 0) is 42.8 Å². The van der Waals surface area contributed by atoms with Crippen molar-refractivity contribution in [3.8, 4) is 5.75 Å². The van der Waals surface area contributed by atoms with E-state index in [1.165, 1.54) is 12.1 Å². The van der Waals surface area contributed by atoms with Crippen LogP contribution in [0.1, 0.15) is 5.56 Å². The first kappa shape index (κ1) is 22.7. The molecular formula is C23H23ClN2O4S. The first-order valence-electron chi connectivity index (χ1n) is 9.67. The van der Waals surface area contributed by atoms with Crippen molar-refractivity contribution in [2.75, 3.05) is 24.0 Å². The van der Waals surface area contributed by atoms with Gasteiger partial charge in [-0.25, -0.2) is 8.42 Å². The van der Waals surface area contributed by atoms with Crippen LogP contribution in [0.2, 0.25) is 5.02 Å². The van der Waals surface area contributed by atoms with Gasteiger partial charge in [0, 0.05) is 0 Å². The first-order chi connectivity index (χ1) is 14.9. The van der Waals surface area contributed by atoms with Crippen molar-refractivity contribution in [3.05, 3.63) is 89.4 Å². The molecule has 6 nitrogen and oxygen atoms in total. The molecule has 0 spiro atoms. The fourth-order valence-electron chi connectivity index (χ4n) is 2.96. The highest BCUT2D eigenvalue weighted by atomic mass is 35.5. The number of hydrogen-bond donors (Lipinski definition) is 1. The van der Waals surface area contributed by atoms with Crippen LogP contribution in [0.15, 0.2) is 83.8 Å². The fourth-order valence-corrected chi connectivity index (χ4v) is 4.66. The molecule has 0 fully saturated rings. The number of aryl methyl sites for hydroxylation is 1. The fraction of sp³-hybridized carbons (Fsp3) is 0.174. The number of anilines is 1. The standard InChI is InChI=1S/C23H23ClN2O4S/c1-18-9-5-7-13-21(18)26(31(28,29)19-10-3-2-4-11-19)17-23(27)25-15-16-30-22-14-8-6-12-20(22)24/h2-14H,15-17H2,1H3,(H,25,27). The number of ether oxygens (including phenoxy) is 1. The van der Waals surface area contributed by atoms with E-state index < -0.39 is 15.9 Å². The number of nitrogens with zero attached hydrogens (tertiary/aromatic N) is 1. The summed E-state index contributed by atoms with van der Waals surface area (Å²) in [5.74, 6) is 0.0807. The summed E-state index contributed by atoms with van der Waals surface area (Å²) in [6.07, 6.45) is 0. The van der Waals surface area contributed by atoms with Gasteiger partial charge >= 0.3 is 0 Å². The molecule has 3 rings (SSSR count). The number of amides is 1. The van der Waals surface area contributed by atoms with E-state index in [2.05, 4.69) is 5.32 Å². The van der Waals surface area contributed by atoms with E-state index in [1.807, 2.05) is 6.07 Å². The third kappa shape index (κ3) is 5.77. The largest absolute Gasteiger partial charge is 0.490 e. The molecule has 8 heteroatoms.